The molecule has 0 aromatic rings. The quantitative estimate of drug-likeness (QED) is 0.370. The molecule has 0 spiro atoms. The smallest absolute Gasteiger partial charge is 0.208 e. The minimum Gasteiger partial charge on any atom is -0.292 e. The van der Waals surface area contributed by atoms with Crippen LogP contribution in [0.1, 0.15) is 12.8 Å². The fourth-order valence-electron chi connectivity index (χ4n) is 0.879. The molecule has 9 heavy (non-hydrogen) atoms. The SMILES string of the molecule is O=CC=[N+]1C=CCCC1. The van der Waals surface area contributed by atoms with E-state index in [9.17, 15) is 4.79 Å². The number of nitrogens with zero attached hydrogens (tertiary/aromatic N) is 1. The van der Waals surface area contributed by atoms with Gasteiger partial charge in [0.15, 0.2) is 6.20 Å². The summed E-state index contributed by atoms with van der Waals surface area (Å²) in [6, 6.07) is 0. The van der Waals surface area contributed by atoms with Gasteiger partial charge in [0.25, 0.3) is 0 Å². The third kappa shape index (κ3) is 1.80. The number of rotatable bonds is 1. The van der Waals surface area contributed by atoms with E-state index >= 15 is 0 Å². The maximum Gasteiger partial charge on any atom is 0.208 e. The average Bonchev–Trinajstić information content (AvgIpc) is 1.91. The van der Waals surface area contributed by atoms with Crippen LogP contribution in [0.2, 0.25) is 0 Å². The molecule has 0 amide bonds. The van der Waals surface area contributed by atoms with E-state index in [2.05, 4.69) is 6.08 Å². The summed E-state index contributed by atoms with van der Waals surface area (Å²) in [5.74, 6) is 0. The predicted octanol–water partition coefficient (Wildman–Crippen LogP) is 0.576. The molecule has 2 heteroatoms. The molecule has 0 aromatic carbocycles. The fourth-order valence-corrected chi connectivity index (χ4v) is 0.879. The van der Waals surface area contributed by atoms with Gasteiger partial charge in [0.2, 0.25) is 12.5 Å². The first-order valence-corrected chi connectivity index (χ1v) is 3.14. The van der Waals surface area contributed by atoms with Crippen molar-refractivity contribution < 1.29 is 9.37 Å². The molecule has 1 heterocycles. The largest absolute Gasteiger partial charge is 0.292 e. The van der Waals surface area contributed by atoms with Crippen LogP contribution >= 0.6 is 0 Å². The Kier molecular flexibility index (Phi) is 2.19. The van der Waals surface area contributed by atoms with Crippen LogP contribution in [0, 0.1) is 0 Å². The van der Waals surface area contributed by atoms with E-state index in [1.807, 2.05) is 10.8 Å². The first kappa shape index (κ1) is 6.20. The Labute approximate surface area is 54.5 Å². The van der Waals surface area contributed by atoms with Crippen molar-refractivity contribution in [1.29, 1.82) is 0 Å². The van der Waals surface area contributed by atoms with Crippen molar-refractivity contribution in [3.63, 3.8) is 0 Å². The van der Waals surface area contributed by atoms with Gasteiger partial charge in [-0.15, -0.1) is 0 Å². The van der Waals surface area contributed by atoms with Crippen LogP contribution in [-0.4, -0.2) is 23.6 Å². The zero-order valence-corrected chi connectivity index (χ0v) is 5.29. The average molecular weight is 124 g/mol. The molecule has 0 aromatic heterocycles. The summed E-state index contributed by atoms with van der Waals surface area (Å²) in [6.07, 6.45) is 8.68. The predicted molar refractivity (Wildman–Crippen MR) is 35.6 cm³/mol. The Morgan fingerprint density at radius 2 is 2.44 bits per heavy atom. The lowest BCUT2D eigenvalue weighted by molar-refractivity contribution is -0.455. The maximum atomic E-state index is 9.94. The van der Waals surface area contributed by atoms with Crippen LogP contribution in [0.15, 0.2) is 12.3 Å². The first-order valence-electron chi connectivity index (χ1n) is 3.14. The van der Waals surface area contributed by atoms with Gasteiger partial charge in [-0.1, -0.05) is 0 Å². The Hall–Kier alpha value is -0.920. The van der Waals surface area contributed by atoms with Crippen molar-refractivity contribution in [3.8, 4) is 0 Å². The topological polar surface area (TPSA) is 20.1 Å². The lowest BCUT2D eigenvalue weighted by Crippen LogP contribution is -2.11. The van der Waals surface area contributed by atoms with Gasteiger partial charge >= 0.3 is 0 Å². The third-order valence-electron chi connectivity index (χ3n) is 1.34. The van der Waals surface area contributed by atoms with E-state index in [0.717, 1.165) is 25.7 Å². The monoisotopic (exact) mass is 124 g/mol. The van der Waals surface area contributed by atoms with Crippen LogP contribution in [0.3, 0.4) is 0 Å². The number of hydrogen-bond donors (Lipinski definition) is 0. The molecule has 1 rings (SSSR count). The minimum absolute atomic E-state index is 0.815. The summed E-state index contributed by atoms with van der Waals surface area (Å²) < 4.78 is 1.90. The molecule has 2 nitrogen and oxygen atoms in total. The lowest BCUT2D eigenvalue weighted by atomic mass is 10.2. The number of carbonyl (C=O) groups excluding carboxylic acids is 1. The van der Waals surface area contributed by atoms with Gasteiger partial charge in [-0.25, -0.2) is 4.58 Å². The van der Waals surface area contributed by atoms with Gasteiger partial charge in [0, 0.05) is 6.42 Å². The molecule has 0 N–H and O–H groups in total. The normalized spacial score (nSPS) is 22.4. The zero-order valence-electron chi connectivity index (χ0n) is 5.29. The highest BCUT2D eigenvalue weighted by atomic mass is 16.1. The van der Waals surface area contributed by atoms with Crippen molar-refractivity contribution in [1.82, 2.24) is 0 Å². The van der Waals surface area contributed by atoms with Crippen molar-refractivity contribution in [2.24, 2.45) is 0 Å². The van der Waals surface area contributed by atoms with Gasteiger partial charge in [0.05, 0.1) is 0 Å². The van der Waals surface area contributed by atoms with Gasteiger partial charge in [-0.05, 0) is 12.5 Å². The van der Waals surface area contributed by atoms with Crippen LogP contribution in [-0.2, 0) is 4.79 Å². The Morgan fingerprint density at radius 3 is 3.00 bits per heavy atom. The van der Waals surface area contributed by atoms with Crippen molar-refractivity contribution in [2.75, 3.05) is 6.54 Å². The molecule has 1 aliphatic heterocycles. The molecule has 0 radical (unpaired) electrons. The summed E-state index contributed by atoms with van der Waals surface area (Å²) in [7, 11) is 0. The fraction of sp³-hybridized carbons (Fsp3) is 0.429. The van der Waals surface area contributed by atoms with E-state index < -0.39 is 0 Å². The van der Waals surface area contributed by atoms with Crippen LogP contribution in [0.25, 0.3) is 0 Å². The molecular weight excluding hydrogens is 114 g/mol. The highest BCUT2D eigenvalue weighted by Crippen LogP contribution is 1.98. The van der Waals surface area contributed by atoms with Gasteiger partial charge in [-0.3, -0.25) is 4.79 Å². The van der Waals surface area contributed by atoms with Crippen LogP contribution in [0.5, 0.6) is 0 Å². The second-order valence-corrected chi connectivity index (χ2v) is 2.05. The Morgan fingerprint density at radius 1 is 1.56 bits per heavy atom. The molecule has 0 atom stereocenters. The van der Waals surface area contributed by atoms with Gasteiger partial charge in [-0.2, -0.15) is 0 Å². The van der Waals surface area contributed by atoms with E-state index in [0.29, 0.717) is 0 Å². The highest BCUT2D eigenvalue weighted by molar-refractivity contribution is 6.10. The summed E-state index contributed by atoms with van der Waals surface area (Å²) >= 11 is 0. The molecule has 0 aliphatic carbocycles. The third-order valence-corrected chi connectivity index (χ3v) is 1.34. The molecule has 0 saturated heterocycles. The van der Waals surface area contributed by atoms with Gasteiger partial charge < -0.3 is 0 Å². The summed E-state index contributed by atoms with van der Waals surface area (Å²) in [4.78, 5) is 9.94. The molecule has 0 unspecified atom stereocenters. The van der Waals surface area contributed by atoms with Gasteiger partial charge in [0.1, 0.15) is 6.54 Å². The Bertz CT molecular complexity index is 158. The summed E-state index contributed by atoms with van der Waals surface area (Å²) in [5, 5.41) is 0. The molecular formula is C7H10NO+. The van der Waals surface area contributed by atoms with E-state index in [4.69, 9.17) is 0 Å². The standard InChI is InChI=1S/C7H10NO/c9-7-6-8-4-2-1-3-5-8/h2,4,6-7H,1,3,5H2/q+1. The number of allylic oxidation sites excluding steroid dienone is 1. The lowest BCUT2D eigenvalue weighted by Gasteiger charge is -1.98. The second kappa shape index (κ2) is 3.17. The molecule has 48 valence electrons. The summed E-state index contributed by atoms with van der Waals surface area (Å²) in [6.45, 7) is 0.981. The van der Waals surface area contributed by atoms with Crippen molar-refractivity contribution >= 4 is 12.5 Å². The molecule has 0 fully saturated rings. The van der Waals surface area contributed by atoms with E-state index in [1.165, 1.54) is 0 Å². The van der Waals surface area contributed by atoms with Crippen molar-refractivity contribution in [3.05, 3.63) is 12.3 Å². The molecule has 0 bridgehead atoms. The minimum atomic E-state index is 0.815. The number of aldehydes is 1. The number of hydrogen-bond acceptors (Lipinski definition) is 1. The van der Waals surface area contributed by atoms with E-state index in [1.54, 1.807) is 6.21 Å². The number of carbonyl (C=O) groups is 1. The van der Waals surface area contributed by atoms with Crippen LogP contribution < -0.4 is 0 Å². The zero-order chi connectivity index (χ0) is 6.53. The maximum absolute atomic E-state index is 9.94. The van der Waals surface area contributed by atoms with E-state index in [-0.39, 0.29) is 0 Å². The van der Waals surface area contributed by atoms with Crippen molar-refractivity contribution in [2.45, 2.75) is 12.8 Å². The summed E-state index contributed by atoms with van der Waals surface area (Å²) in [5.41, 5.74) is 0. The Balaban J connectivity index is 2.59. The van der Waals surface area contributed by atoms with Crippen LogP contribution in [0.4, 0.5) is 0 Å². The second-order valence-electron chi connectivity index (χ2n) is 2.05. The first-order chi connectivity index (χ1) is 4.43. The highest BCUT2D eigenvalue weighted by Gasteiger charge is 2.02. The molecule has 0 saturated carbocycles. The molecule has 1 aliphatic rings.